The fraction of sp³-hybridized carbons (Fsp3) is 0. The zero-order chi connectivity index (χ0) is 9.97. The lowest BCUT2D eigenvalue weighted by molar-refractivity contribution is 1.33. The van der Waals surface area contributed by atoms with Gasteiger partial charge in [-0.2, -0.15) is 0 Å². The summed E-state index contributed by atoms with van der Waals surface area (Å²) >= 11 is 5.88. The van der Waals surface area contributed by atoms with Crippen LogP contribution in [0.5, 0.6) is 0 Å². The second-order valence-corrected chi connectivity index (χ2v) is 3.42. The third kappa shape index (κ3) is 1.86. The molecule has 2 N–H and O–H groups in total. The molecule has 0 amide bonds. The summed E-state index contributed by atoms with van der Waals surface area (Å²) in [6.07, 6.45) is 1.69. The lowest BCUT2D eigenvalue weighted by atomic mass is 10.1. The Bertz CT molecular complexity index is 411. The number of benzene rings is 1. The predicted octanol–water partition coefficient (Wildman–Crippen LogP) is 2.98. The Balaban J connectivity index is 2.49. The van der Waals surface area contributed by atoms with Gasteiger partial charge >= 0.3 is 0 Å². The van der Waals surface area contributed by atoms with E-state index in [1.54, 1.807) is 12.3 Å². The molecule has 1 aromatic heterocycles. The normalized spacial score (nSPS) is 10.1. The molecule has 0 unspecified atom stereocenters. The molecule has 0 aliphatic rings. The Morgan fingerprint density at radius 1 is 1.14 bits per heavy atom. The first-order valence-electron chi connectivity index (χ1n) is 4.23. The first-order valence-corrected chi connectivity index (χ1v) is 4.61. The topological polar surface area (TPSA) is 38.9 Å². The molecule has 3 heteroatoms. The van der Waals surface area contributed by atoms with Gasteiger partial charge in [0.1, 0.15) is 0 Å². The fourth-order valence-electron chi connectivity index (χ4n) is 1.25. The summed E-state index contributed by atoms with van der Waals surface area (Å²) in [6.45, 7) is 0. The maximum absolute atomic E-state index is 5.88. The number of nitrogen functional groups attached to an aromatic ring is 1. The van der Waals surface area contributed by atoms with E-state index < -0.39 is 0 Å². The van der Waals surface area contributed by atoms with E-state index in [0.717, 1.165) is 11.3 Å². The molecule has 2 nitrogen and oxygen atoms in total. The van der Waals surface area contributed by atoms with Crippen LogP contribution in [-0.2, 0) is 0 Å². The van der Waals surface area contributed by atoms with Crippen LogP contribution in [0.25, 0.3) is 11.3 Å². The molecule has 0 aliphatic heterocycles. The first kappa shape index (κ1) is 9.03. The van der Waals surface area contributed by atoms with Crippen LogP contribution < -0.4 is 5.73 Å². The lowest BCUT2D eigenvalue weighted by Gasteiger charge is -2.01. The Morgan fingerprint density at radius 3 is 2.71 bits per heavy atom. The van der Waals surface area contributed by atoms with Crippen LogP contribution in [0.1, 0.15) is 0 Å². The molecule has 70 valence electrons. The second kappa shape index (κ2) is 3.68. The number of aromatic nitrogens is 1. The number of nitrogens with two attached hydrogens (primary N) is 1. The number of nitrogens with zero attached hydrogens (tertiary/aromatic N) is 1. The zero-order valence-corrected chi connectivity index (χ0v) is 8.20. The fourth-order valence-corrected chi connectivity index (χ4v) is 1.44. The molecular weight excluding hydrogens is 196 g/mol. The van der Waals surface area contributed by atoms with Crippen LogP contribution in [-0.4, -0.2) is 4.98 Å². The third-order valence-corrected chi connectivity index (χ3v) is 2.14. The first-order chi connectivity index (χ1) is 6.75. The molecule has 1 heterocycles. The van der Waals surface area contributed by atoms with E-state index in [9.17, 15) is 0 Å². The number of hydrogen-bond acceptors (Lipinski definition) is 2. The summed E-state index contributed by atoms with van der Waals surface area (Å²) in [5.41, 5.74) is 8.18. The Morgan fingerprint density at radius 2 is 2.00 bits per heavy atom. The number of pyridine rings is 1. The molecule has 0 bridgehead atoms. The lowest BCUT2D eigenvalue weighted by Crippen LogP contribution is -1.88. The van der Waals surface area contributed by atoms with Crippen LogP contribution >= 0.6 is 11.6 Å². The molecule has 0 spiro atoms. The number of hydrogen-bond donors (Lipinski definition) is 1. The summed E-state index contributed by atoms with van der Waals surface area (Å²) in [7, 11) is 0. The van der Waals surface area contributed by atoms with Crippen molar-refractivity contribution in [2.75, 3.05) is 5.73 Å². The van der Waals surface area contributed by atoms with Crippen LogP contribution in [0.4, 0.5) is 5.69 Å². The van der Waals surface area contributed by atoms with Crippen molar-refractivity contribution in [3.8, 4) is 11.3 Å². The molecule has 1 aromatic carbocycles. The summed E-state index contributed by atoms with van der Waals surface area (Å²) in [4.78, 5) is 4.21. The smallest absolute Gasteiger partial charge is 0.0722 e. The van der Waals surface area contributed by atoms with Crippen LogP contribution in [0, 0.1) is 0 Å². The minimum atomic E-state index is 0.701. The van der Waals surface area contributed by atoms with Crippen molar-refractivity contribution >= 4 is 17.3 Å². The van der Waals surface area contributed by atoms with Crippen molar-refractivity contribution in [3.63, 3.8) is 0 Å². The standard InChI is InChI=1S/C11H9ClN2/c12-9-3-1-2-8(6-9)11-7-10(13)4-5-14-11/h1-7H,(H2,13,14). The highest BCUT2D eigenvalue weighted by Gasteiger charge is 1.99. The van der Waals surface area contributed by atoms with Crippen LogP contribution in [0.3, 0.4) is 0 Å². The van der Waals surface area contributed by atoms with Gasteiger partial charge in [-0.3, -0.25) is 4.98 Å². The van der Waals surface area contributed by atoms with Crippen molar-refractivity contribution in [2.24, 2.45) is 0 Å². The Labute approximate surface area is 87.4 Å². The van der Waals surface area contributed by atoms with E-state index in [4.69, 9.17) is 17.3 Å². The molecule has 0 saturated heterocycles. The number of halogens is 1. The van der Waals surface area contributed by atoms with E-state index in [0.29, 0.717) is 10.7 Å². The average Bonchev–Trinajstić information content (AvgIpc) is 2.18. The molecule has 2 aromatic rings. The van der Waals surface area contributed by atoms with E-state index in [-0.39, 0.29) is 0 Å². The maximum Gasteiger partial charge on any atom is 0.0722 e. The molecule has 0 aliphatic carbocycles. The third-order valence-electron chi connectivity index (χ3n) is 1.90. The molecule has 0 atom stereocenters. The Hall–Kier alpha value is -1.54. The van der Waals surface area contributed by atoms with Gasteiger partial charge < -0.3 is 5.73 Å². The van der Waals surface area contributed by atoms with E-state index >= 15 is 0 Å². The minimum absolute atomic E-state index is 0.701. The van der Waals surface area contributed by atoms with Crippen molar-refractivity contribution in [1.82, 2.24) is 4.98 Å². The van der Waals surface area contributed by atoms with Gasteiger partial charge in [0.05, 0.1) is 5.69 Å². The van der Waals surface area contributed by atoms with Crippen molar-refractivity contribution < 1.29 is 0 Å². The van der Waals surface area contributed by atoms with Gasteiger partial charge in [-0.1, -0.05) is 23.7 Å². The summed E-state index contributed by atoms with van der Waals surface area (Å²) in [5.74, 6) is 0. The molecule has 0 fully saturated rings. The summed E-state index contributed by atoms with van der Waals surface area (Å²) < 4.78 is 0. The molecular formula is C11H9ClN2. The quantitative estimate of drug-likeness (QED) is 0.776. The van der Waals surface area contributed by atoms with Gasteiger partial charge in [0, 0.05) is 22.5 Å². The Kier molecular flexibility index (Phi) is 2.37. The molecule has 2 rings (SSSR count). The minimum Gasteiger partial charge on any atom is -0.399 e. The van der Waals surface area contributed by atoms with E-state index in [1.807, 2.05) is 30.3 Å². The summed E-state index contributed by atoms with van der Waals surface area (Å²) in [6, 6.07) is 11.1. The van der Waals surface area contributed by atoms with Crippen LogP contribution in [0.15, 0.2) is 42.6 Å². The average molecular weight is 205 g/mol. The number of rotatable bonds is 1. The summed E-state index contributed by atoms with van der Waals surface area (Å²) in [5, 5.41) is 0.701. The van der Waals surface area contributed by atoms with Gasteiger partial charge in [-0.05, 0) is 24.3 Å². The monoisotopic (exact) mass is 204 g/mol. The highest BCUT2D eigenvalue weighted by molar-refractivity contribution is 6.30. The van der Waals surface area contributed by atoms with Gasteiger partial charge in [0.2, 0.25) is 0 Å². The second-order valence-electron chi connectivity index (χ2n) is 2.98. The zero-order valence-electron chi connectivity index (χ0n) is 7.44. The van der Waals surface area contributed by atoms with Gasteiger partial charge in [-0.25, -0.2) is 0 Å². The number of anilines is 1. The molecule has 14 heavy (non-hydrogen) atoms. The van der Waals surface area contributed by atoms with Crippen molar-refractivity contribution in [2.45, 2.75) is 0 Å². The molecule has 0 saturated carbocycles. The van der Waals surface area contributed by atoms with Gasteiger partial charge in [0.25, 0.3) is 0 Å². The predicted molar refractivity (Wildman–Crippen MR) is 59.1 cm³/mol. The SMILES string of the molecule is Nc1ccnc(-c2cccc(Cl)c2)c1. The largest absolute Gasteiger partial charge is 0.399 e. The molecule has 0 radical (unpaired) electrons. The highest BCUT2D eigenvalue weighted by atomic mass is 35.5. The van der Waals surface area contributed by atoms with E-state index in [1.165, 1.54) is 0 Å². The highest BCUT2D eigenvalue weighted by Crippen LogP contribution is 2.21. The van der Waals surface area contributed by atoms with Crippen molar-refractivity contribution in [1.29, 1.82) is 0 Å². The van der Waals surface area contributed by atoms with Crippen LogP contribution in [0.2, 0.25) is 5.02 Å². The van der Waals surface area contributed by atoms with Gasteiger partial charge in [0.15, 0.2) is 0 Å². The van der Waals surface area contributed by atoms with Crippen molar-refractivity contribution in [3.05, 3.63) is 47.6 Å². The van der Waals surface area contributed by atoms with Gasteiger partial charge in [-0.15, -0.1) is 0 Å². The van der Waals surface area contributed by atoms with E-state index in [2.05, 4.69) is 4.98 Å². The maximum atomic E-state index is 5.88.